The van der Waals surface area contributed by atoms with E-state index in [4.69, 9.17) is 0 Å². The van der Waals surface area contributed by atoms with Gasteiger partial charge in [-0.3, -0.25) is 4.79 Å². The van der Waals surface area contributed by atoms with Gasteiger partial charge in [-0.25, -0.2) is 21.5 Å². The second-order valence-corrected chi connectivity index (χ2v) is 8.81. The number of carbonyl (C=O) groups excluding carboxylic acids is 1. The van der Waals surface area contributed by atoms with Crippen molar-refractivity contribution in [3.8, 4) is 5.75 Å². The lowest BCUT2D eigenvalue weighted by molar-refractivity contribution is -0.118. The van der Waals surface area contributed by atoms with Crippen LogP contribution in [0.2, 0.25) is 0 Å². The van der Waals surface area contributed by atoms with Gasteiger partial charge in [-0.05, 0) is 55.0 Å². The molecule has 0 saturated heterocycles. The lowest BCUT2D eigenvalue weighted by Crippen LogP contribution is -2.38. The van der Waals surface area contributed by atoms with E-state index in [9.17, 15) is 27.1 Å². The van der Waals surface area contributed by atoms with E-state index in [1.54, 1.807) is 6.07 Å². The molecule has 1 fully saturated rings. The van der Waals surface area contributed by atoms with Crippen molar-refractivity contribution in [2.45, 2.75) is 17.2 Å². The van der Waals surface area contributed by atoms with Gasteiger partial charge in [-0.15, -0.1) is 0 Å². The van der Waals surface area contributed by atoms with Crippen LogP contribution in [-0.4, -0.2) is 19.4 Å². The van der Waals surface area contributed by atoms with Crippen molar-refractivity contribution in [3.63, 3.8) is 0 Å². The molecule has 0 aromatic heterocycles. The Morgan fingerprint density at radius 2 is 1.50 bits per heavy atom. The maximum absolute atomic E-state index is 14.1. The Hall–Kier alpha value is -3.26. The molecule has 30 heavy (non-hydrogen) atoms. The van der Waals surface area contributed by atoms with E-state index in [1.807, 2.05) is 0 Å². The standard InChI is InChI=1S/C22H17F2NO4S/c23-19-7-4-8-20(24)21(19)17-13-18(17)22(27)25(14-9-11-15(26)12-10-14)30(28,29)16-5-2-1-3-6-16/h1-12,17-18,26H,13H2/t17-,18+/m1/s1. The third-order valence-electron chi connectivity index (χ3n) is 5.04. The first-order valence-corrected chi connectivity index (χ1v) is 10.6. The van der Waals surface area contributed by atoms with Crippen LogP contribution < -0.4 is 4.31 Å². The van der Waals surface area contributed by atoms with Crippen LogP contribution in [0.3, 0.4) is 0 Å². The molecule has 5 nitrogen and oxygen atoms in total. The minimum atomic E-state index is -4.28. The summed E-state index contributed by atoms with van der Waals surface area (Å²) in [5.41, 5.74) is -0.181. The van der Waals surface area contributed by atoms with Crippen LogP contribution in [0.5, 0.6) is 5.75 Å². The van der Waals surface area contributed by atoms with Crippen molar-refractivity contribution in [2.75, 3.05) is 4.31 Å². The molecular formula is C22H17F2NO4S. The SMILES string of the molecule is O=C([C@H]1C[C@H]1c1c(F)cccc1F)N(c1ccc(O)cc1)S(=O)(=O)c1ccccc1. The Morgan fingerprint density at radius 1 is 0.900 bits per heavy atom. The Labute approximate surface area is 172 Å². The molecule has 0 aliphatic heterocycles. The van der Waals surface area contributed by atoms with Crippen LogP contribution in [0.25, 0.3) is 0 Å². The smallest absolute Gasteiger partial charge is 0.270 e. The molecule has 2 atom stereocenters. The summed E-state index contributed by atoms with van der Waals surface area (Å²) >= 11 is 0. The number of sulfonamides is 1. The molecule has 0 spiro atoms. The molecule has 0 bridgehead atoms. The highest BCUT2D eigenvalue weighted by Gasteiger charge is 2.50. The maximum atomic E-state index is 14.1. The lowest BCUT2D eigenvalue weighted by Gasteiger charge is -2.23. The summed E-state index contributed by atoms with van der Waals surface area (Å²) in [6.45, 7) is 0. The van der Waals surface area contributed by atoms with Crippen LogP contribution in [0.15, 0.2) is 77.7 Å². The summed E-state index contributed by atoms with van der Waals surface area (Å²) in [6, 6.07) is 16.0. The summed E-state index contributed by atoms with van der Waals surface area (Å²) < 4.78 is 55.4. The highest BCUT2D eigenvalue weighted by atomic mass is 32.2. The highest BCUT2D eigenvalue weighted by molar-refractivity contribution is 7.93. The zero-order valence-corrected chi connectivity index (χ0v) is 16.4. The van der Waals surface area contributed by atoms with E-state index in [1.165, 1.54) is 54.6 Å². The number of benzene rings is 3. The molecule has 0 radical (unpaired) electrons. The first-order valence-electron chi connectivity index (χ1n) is 9.18. The fourth-order valence-electron chi connectivity index (χ4n) is 3.47. The van der Waals surface area contributed by atoms with Crippen LogP contribution in [0.1, 0.15) is 17.9 Å². The molecule has 0 unspecified atom stereocenters. The molecular weight excluding hydrogens is 412 g/mol. The Kier molecular flexibility index (Phi) is 5.03. The summed E-state index contributed by atoms with van der Waals surface area (Å²) in [7, 11) is -4.28. The molecule has 1 aliphatic rings. The number of amides is 1. The van der Waals surface area contributed by atoms with Crippen molar-refractivity contribution in [1.29, 1.82) is 0 Å². The van der Waals surface area contributed by atoms with Crippen LogP contribution in [-0.2, 0) is 14.8 Å². The van der Waals surface area contributed by atoms with Crippen LogP contribution in [0, 0.1) is 17.6 Å². The zero-order chi connectivity index (χ0) is 21.5. The second kappa shape index (κ2) is 7.53. The Bertz CT molecular complexity index is 1180. The topological polar surface area (TPSA) is 74.7 Å². The molecule has 1 amide bonds. The number of nitrogens with zero attached hydrogens (tertiary/aromatic N) is 1. The third kappa shape index (κ3) is 3.54. The quantitative estimate of drug-likeness (QED) is 0.660. The second-order valence-electron chi connectivity index (χ2n) is 7.02. The van der Waals surface area contributed by atoms with Gasteiger partial charge in [0.05, 0.1) is 10.6 Å². The number of phenols is 1. The normalized spacial score (nSPS) is 18.1. The zero-order valence-electron chi connectivity index (χ0n) is 15.6. The van der Waals surface area contributed by atoms with E-state index in [2.05, 4.69) is 0 Å². The van der Waals surface area contributed by atoms with Crippen molar-refractivity contribution in [1.82, 2.24) is 0 Å². The van der Waals surface area contributed by atoms with Crippen molar-refractivity contribution >= 4 is 21.6 Å². The van der Waals surface area contributed by atoms with Crippen LogP contribution >= 0.6 is 0 Å². The first-order chi connectivity index (χ1) is 14.3. The molecule has 3 aromatic rings. The number of hydrogen-bond donors (Lipinski definition) is 1. The van der Waals surface area contributed by atoms with Crippen molar-refractivity contribution in [2.24, 2.45) is 5.92 Å². The van der Waals surface area contributed by atoms with Gasteiger partial charge in [-0.2, -0.15) is 0 Å². The van der Waals surface area contributed by atoms with Gasteiger partial charge < -0.3 is 5.11 Å². The summed E-state index contributed by atoms with van der Waals surface area (Å²) in [4.78, 5) is 13.2. The molecule has 1 N–H and O–H groups in total. The van der Waals surface area contributed by atoms with Gasteiger partial charge in [0.15, 0.2) is 0 Å². The number of carbonyl (C=O) groups is 1. The van der Waals surface area contributed by atoms with Gasteiger partial charge >= 0.3 is 0 Å². The number of rotatable bonds is 5. The van der Waals surface area contributed by atoms with E-state index in [-0.39, 0.29) is 28.3 Å². The molecule has 0 heterocycles. The lowest BCUT2D eigenvalue weighted by atomic mass is 10.1. The number of hydrogen-bond acceptors (Lipinski definition) is 4. The maximum Gasteiger partial charge on any atom is 0.270 e. The Balaban J connectivity index is 1.74. The fourth-order valence-corrected chi connectivity index (χ4v) is 4.96. The third-order valence-corrected chi connectivity index (χ3v) is 6.78. The molecule has 8 heteroatoms. The average Bonchev–Trinajstić information content (AvgIpc) is 3.50. The Morgan fingerprint density at radius 3 is 2.10 bits per heavy atom. The molecule has 1 aliphatic carbocycles. The number of anilines is 1. The minimum absolute atomic E-state index is 0.0290. The highest BCUT2D eigenvalue weighted by Crippen LogP contribution is 2.51. The van der Waals surface area contributed by atoms with Crippen molar-refractivity contribution < 1.29 is 27.1 Å². The van der Waals surface area contributed by atoms with Gasteiger partial charge in [-0.1, -0.05) is 24.3 Å². The predicted molar refractivity (Wildman–Crippen MR) is 106 cm³/mol. The fraction of sp³-hybridized carbons (Fsp3) is 0.136. The molecule has 1 saturated carbocycles. The summed E-state index contributed by atoms with van der Waals surface area (Å²) in [5, 5.41) is 9.53. The number of aromatic hydroxyl groups is 1. The van der Waals surface area contributed by atoms with E-state index >= 15 is 0 Å². The largest absolute Gasteiger partial charge is 0.508 e. The first kappa shape index (κ1) is 20.0. The predicted octanol–water partition coefficient (Wildman–Crippen LogP) is 4.20. The minimum Gasteiger partial charge on any atom is -0.508 e. The van der Waals surface area contributed by atoms with E-state index in [0.29, 0.717) is 4.31 Å². The van der Waals surface area contributed by atoms with Gasteiger partial charge in [0.1, 0.15) is 17.4 Å². The van der Waals surface area contributed by atoms with Gasteiger partial charge in [0.2, 0.25) is 5.91 Å². The van der Waals surface area contributed by atoms with Gasteiger partial charge in [0, 0.05) is 17.4 Å². The van der Waals surface area contributed by atoms with Gasteiger partial charge in [0.25, 0.3) is 10.0 Å². The number of phenolic OH excluding ortho intramolecular Hbond substituents is 1. The monoisotopic (exact) mass is 429 g/mol. The average molecular weight is 429 g/mol. The summed E-state index contributed by atoms with van der Waals surface area (Å²) in [5.74, 6) is -4.04. The summed E-state index contributed by atoms with van der Waals surface area (Å²) in [6.07, 6.45) is 0.135. The molecule has 154 valence electrons. The van der Waals surface area contributed by atoms with E-state index in [0.717, 1.165) is 12.1 Å². The van der Waals surface area contributed by atoms with Crippen molar-refractivity contribution in [3.05, 3.63) is 90.0 Å². The molecule has 4 rings (SSSR count). The van der Waals surface area contributed by atoms with E-state index < -0.39 is 39.4 Å². The number of halogens is 2. The molecule has 3 aromatic carbocycles. The van der Waals surface area contributed by atoms with Crippen LogP contribution in [0.4, 0.5) is 14.5 Å².